The minimum Gasteiger partial charge on any atom is -0.454 e. The van der Waals surface area contributed by atoms with Gasteiger partial charge in [-0.3, -0.25) is 9.59 Å². The Labute approximate surface area is 140 Å². The molecule has 126 valence electrons. The minimum atomic E-state index is -0.296. The lowest BCUT2D eigenvalue weighted by Gasteiger charge is -2.31. The number of halogens is 1. The summed E-state index contributed by atoms with van der Waals surface area (Å²) in [6.07, 6.45) is 0. The first-order valence-electron chi connectivity index (χ1n) is 7.32. The highest BCUT2D eigenvalue weighted by atomic mass is 35.5. The number of fused-ring (bicyclic) bond motifs is 1. The molecule has 1 aromatic carbocycles. The van der Waals surface area contributed by atoms with Crippen LogP contribution in [-0.4, -0.2) is 55.7 Å². The van der Waals surface area contributed by atoms with Gasteiger partial charge in [0.2, 0.25) is 12.7 Å². The molecule has 0 spiro atoms. The maximum atomic E-state index is 12.1. The molecule has 1 saturated heterocycles. The van der Waals surface area contributed by atoms with Crippen molar-refractivity contribution in [3.63, 3.8) is 0 Å². The van der Waals surface area contributed by atoms with Gasteiger partial charge in [-0.05, 0) is 25.1 Å². The monoisotopic (exact) mass is 341 g/mol. The second-order valence-electron chi connectivity index (χ2n) is 5.45. The van der Waals surface area contributed by atoms with Crippen molar-refractivity contribution in [2.45, 2.75) is 13.0 Å². The van der Waals surface area contributed by atoms with Gasteiger partial charge < -0.3 is 25.0 Å². The van der Waals surface area contributed by atoms with Crippen LogP contribution < -0.4 is 20.1 Å². The van der Waals surface area contributed by atoms with E-state index in [2.05, 4.69) is 10.6 Å². The van der Waals surface area contributed by atoms with Crippen LogP contribution in [0.1, 0.15) is 17.3 Å². The van der Waals surface area contributed by atoms with E-state index in [4.69, 9.17) is 9.47 Å². The molecule has 8 heteroatoms. The zero-order valence-corrected chi connectivity index (χ0v) is 13.6. The maximum Gasteiger partial charge on any atom is 0.251 e. The first kappa shape index (κ1) is 17.4. The summed E-state index contributed by atoms with van der Waals surface area (Å²) in [4.78, 5) is 26.0. The van der Waals surface area contributed by atoms with Gasteiger partial charge in [0.15, 0.2) is 11.5 Å². The molecule has 7 nitrogen and oxygen atoms in total. The third kappa shape index (κ3) is 4.05. The van der Waals surface area contributed by atoms with Gasteiger partial charge in [-0.1, -0.05) is 0 Å². The molecule has 2 N–H and O–H groups in total. The third-order valence-corrected chi connectivity index (χ3v) is 3.76. The number of hydrogen-bond acceptors (Lipinski definition) is 5. The summed E-state index contributed by atoms with van der Waals surface area (Å²) in [6.45, 7) is 4.31. The highest BCUT2D eigenvalue weighted by Gasteiger charge is 2.21. The second kappa shape index (κ2) is 7.52. The van der Waals surface area contributed by atoms with Gasteiger partial charge in [-0.25, -0.2) is 0 Å². The largest absolute Gasteiger partial charge is 0.454 e. The van der Waals surface area contributed by atoms with Crippen molar-refractivity contribution < 1.29 is 19.1 Å². The minimum absolute atomic E-state index is 0. The van der Waals surface area contributed by atoms with Crippen LogP contribution in [0.15, 0.2) is 18.2 Å². The number of rotatable bonds is 3. The molecule has 0 aromatic heterocycles. The van der Waals surface area contributed by atoms with Crippen LogP contribution >= 0.6 is 12.4 Å². The molecule has 1 fully saturated rings. The smallest absolute Gasteiger partial charge is 0.251 e. The molecule has 2 amide bonds. The number of hydrogen-bond donors (Lipinski definition) is 2. The van der Waals surface area contributed by atoms with Gasteiger partial charge in [0.05, 0.1) is 6.54 Å². The SMILES string of the molecule is C[C@@H]1CN(C(=O)CNC(=O)c2ccc3c(c2)OCO3)CCN1.Cl. The van der Waals surface area contributed by atoms with Gasteiger partial charge in [-0.2, -0.15) is 0 Å². The zero-order chi connectivity index (χ0) is 15.5. The van der Waals surface area contributed by atoms with Crippen LogP contribution in [0.2, 0.25) is 0 Å². The summed E-state index contributed by atoms with van der Waals surface area (Å²) >= 11 is 0. The molecule has 1 aromatic rings. The highest BCUT2D eigenvalue weighted by Crippen LogP contribution is 2.32. The number of nitrogens with one attached hydrogen (secondary N) is 2. The van der Waals surface area contributed by atoms with E-state index in [0.29, 0.717) is 30.2 Å². The van der Waals surface area contributed by atoms with Gasteiger partial charge in [0.25, 0.3) is 5.91 Å². The molecule has 0 bridgehead atoms. The maximum absolute atomic E-state index is 12.1. The van der Waals surface area contributed by atoms with Crippen molar-refractivity contribution in [3.05, 3.63) is 23.8 Å². The van der Waals surface area contributed by atoms with E-state index >= 15 is 0 Å². The number of piperazine rings is 1. The standard InChI is InChI=1S/C15H19N3O4.ClH/c1-10-8-18(5-4-16-10)14(19)7-17-15(20)11-2-3-12-13(6-11)22-9-21-12;/h2-3,6,10,16H,4-5,7-9H2,1H3,(H,17,20);1H/t10-;/m1./s1. The molecule has 0 saturated carbocycles. The summed E-state index contributed by atoms with van der Waals surface area (Å²) < 4.78 is 10.4. The van der Waals surface area contributed by atoms with Crippen LogP contribution in [-0.2, 0) is 4.79 Å². The molecule has 2 aliphatic rings. The first-order valence-corrected chi connectivity index (χ1v) is 7.32. The van der Waals surface area contributed by atoms with Gasteiger partial charge in [0, 0.05) is 31.2 Å². The third-order valence-electron chi connectivity index (χ3n) is 3.76. The average Bonchev–Trinajstić information content (AvgIpc) is 2.99. The molecule has 23 heavy (non-hydrogen) atoms. The van der Waals surface area contributed by atoms with E-state index in [9.17, 15) is 9.59 Å². The number of carbonyl (C=O) groups is 2. The van der Waals surface area contributed by atoms with E-state index in [-0.39, 0.29) is 43.6 Å². The van der Waals surface area contributed by atoms with Crippen LogP contribution in [0, 0.1) is 0 Å². The predicted molar refractivity (Wildman–Crippen MR) is 86.2 cm³/mol. The fourth-order valence-corrected chi connectivity index (χ4v) is 2.57. The summed E-state index contributed by atoms with van der Waals surface area (Å²) in [7, 11) is 0. The lowest BCUT2D eigenvalue weighted by atomic mass is 10.2. The van der Waals surface area contributed by atoms with Crippen molar-refractivity contribution in [2.75, 3.05) is 33.0 Å². The lowest BCUT2D eigenvalue weighted by molar-refractivity contribution is -0.131. The zero-order valence-electron chi connectivity index (χ0n) is 12.8. The fraction of sp³-hybridized carbons (Fsp3) is 0.467. The van der Waals surface area contributed by atoms with Gasteiger partial charge >= 0.3 is 0 Å². The van der Waals surface area contributed by atoms with Gasteiger partial charge in [0.1, 0.15) is 0 Å². The summed E-state index contributed by atoms with van der Waals surface area (Å²) in [5.74, 6) is 0.814. The van der Waals surface area contributed by atoms with Crippen LogP contribution in [0.5, 0.6) is 11.5 Å². The topological polar surface area (TPSA) is 79.9 Å². The quantitative estimate of drug-likeness (QED) is 0.831. The van der Waals surface area contributed by atoms with Crippen molar-refractivity contribution in [1.82, 2.24) is 15.5 Å². The number of nitrogens with zero attached hydrogens (tertiary/aromatic N) is 1. The molecular weight excluding hydrogens is 322 g/mol. The van der Waals surface area contributed by atoms with E-state index in [1.807, 2.05) is 6.92 Å². The van der Waals surface area contributed by atoms with E-state index in [1.165, 1.54) is 0 Å². The summed E-state index contributed by atoms with van der Waals surface area (Å²) in [6, 6.07) is 5.24. The predicted octanol–water partition coefficient (Wildman–Crippen LogP) is 0.387. The van der Waals surface area contributed by atoms with Gasteiger partial charge in [-0.15, -0.1) is 12.4 Å². The van der Waals surface area contributed by atoms with E-state index in [0.717, 1.165) is 6.54 Å². The van der Waals surface area contributed by atoms with Crippen LogP contribution in [0.4, 0.5) is 0 Å². The molecule has 2 aliphatic heterocycles. The van der Waals surface area contributed by atoms with E-state index in [1.54, 1.807) is 23.1 Å². The number of amides is 2. The molecule has 1 atom stereocenters. The van der Waals surface area contributed by atoms with Crippen molar-refractivity contribution in [2.24, 2.45) is 0 Å². The Morgan fingerprint density at radius 2 is 2.13 bits per heavy atom. The Balaban J connectivity index is 0.00000192. The normalized spacial score (nSPS) is 19.0. The van der Waals surface area contributed by atoms with Crippen molar-refractivity contribution >= 4 is 24.2 Å². The molecule has 0 radical (unpaired) electrons. The Morgan fingerprint density at radius 1 is 1.35 bits per heavy atom. The van der Waals surface area contributed by atoms with E-state index < -0.39 is 0 Å². The number of carbonyl (C=O) groups excluding carboxylic acids is 2. The summed E-state index contributed by atoms with van der Waals surface area (Å²) in [5.41, 5.74) is 0.450. The summed E-state index contributed by atoms with van der Waals surface area (Å²) in [5, 5.41) is 5.93. The van der Waals surface area contributed by atoms with Crippen LogP contribution in [0.3, 0.4) is 0 Å². The lowest BCUT2D eigenvalue weighted by Crippen LogP contribution is -2.53. The Kier molecular flexibility index (Phi) is 5.68. The second-order valence-corrected chi connectivity index (χ2v) is 5.45. The Bertz CT molecular complexity index is 596. The van der Waals surface area contributed by atoms with Crippen molar-refractivity contribution in [1.29, 1.82) is 0 Å². The Morgan fingerprint density at radius 3 is 2.91 bits per heavy atom. The fourth-order valence-electron chi connectivity index (χ4n) is 2.57. The average molecular weight is 342 g/mol. The van der Waals surface area contributed by atoms with Crippen LogP contribution in [0.25, 0.3) is 0 Å². The highest BCUT2D eigenvalue weighted by molar-refractivity contribution is 5.97. The number of benzene rings is 1. The van der Waals surface area contributed by atoms with Crippen molar-refractivity contribution in [3.8, 4) is 11.5 Å². The number of ether oxygens (including phenoxy) is 2. The molecule has 3 rings (SSSR count). The molecule has 0 unspecified atom stereocenters. The molecule has 2 heterocycles. The first-order chi connectivity index (χ1) is 10.6. The Hall–Kier alpha value is -1.99. The molecular formula is C15H20ClN3O4. The molecule has 0 aliphatic carbocycles.